The molecule has 0 unspecified atom stereocenters. The van der Waals surface area contributed by atoms with Crippen LogP contribution < -0.4 is 4.74 Å². The smallest absolute Gasteiger partial charge is 0.363 e. The maximum Gasteiger partial charge on any atom is 0.363 e. The summed E-state index contributed by atoms with van der Waals surface area (Å²) in [5.74, 6) is -0.0160. The highest BCUT2D eigenvalue weighted by Crippen LogP contribution is 2.27. The molecule has 0 N–H and O–H groups in total. The highest BCUT2D eigenvalue weighted by molar-refractivity contribution is 6.12. The molecule has 0 fully saturated rings. The van der Waals surface area contributed by atoms with E-state index in [1.807, 2.05) is 57.2 Å². The van der Waals surface area contributed by atoms with E-state index < -0.39 is 5.97 Å². The number of carbonyl (C=O) groups excluding carboxylic acids is 2. The predicted octanol–water partition coefficient (Wildman–Crippen LogP) is 3.88. The van der Waals surface area contributed by atoms with Crippen LogP contribution in [0.1, 0.15) is 34.7 Å². The molecule has 0 saturated carbocycles. The first-order chi connectivity index (χ1) is 12.3. The first-order valence-electron chi connectivity index (χ1n) is 8.23. The quantitative estimate of drug-likeness (QED) is 0.479. The fourth-order valence-electron chi connectivity index (χ4n) is 2.76. The molecule has 0 radical (unpaired) electrons. The Balaban J connectivity index is 1.93. The number of carbonyl (C=O) groups is 2. The van der Waals surface area contributed by atoms with E-state index in [2.05, 4.69) is 4.99 Å². The lowest BCUT2D eigenvalue weighted by molar-refractivity contribution is -0.132. The zero-order valence-electron chi connectivity index (χ0n) is 15.1. The van der Waals surface area contributed by atoms with Gasteiger partial charge in [0, 0.05) is 12.5 Å². The Hall–Kier alpha value is -3.21. The monoisotopic (exact) mass is 349 g/mol. The van der Waals surface area contributed by atoms with Crippen molar-refractivity contribution in [1.29, 1.82) is 0 Å². The van der Waals surface area contributed by atoms with E-state index in [4.69, 9.17) is 9.47 Å². The molecule has 1 aliphatic heterocycles. The summed E-state index contributed by atoms with van der Waals surface area (Å²) in [4.78, 5) is 27.7. The van der Waals surface area contributed by atoms with Crippen molar-refractivity contribution in [3.8, 4) is 5.75 Å². The number of rotatable bonds is 3. The number of ether oxygens (including phenoxy) is 2. The van der Waals surface area contributed by atoms with Gasteiger partial charge in [-0.05, 0) is 67.8 Å². The van der Waals surface area contributed by atoms with Gasteiger partial charge in [0.1, 0.15) is 5.75 Å². The summed E-state index contributed by atoms with van der Waals surface area (Å²) >= 11 is 0. The van der Waals surface area contributed by atoms with E-state index in [0.29, 0.717) is 11.6 Å². The van der Waals surface area contributed by atoms with Gasteiger partial charge in [0.05, 0.1) is 0 Å². The Labute approximate surface area is 152 Å². The van der Waals surface area contributed by atoms with Crippen LogP contribution in [0.5, 0.6) is 5.75 Å². The fraction of sp³-hybridized carbons (Fsp3) is 0.190. The van der Waals surface area contributed by atoms with E-state index in [1.54, 1.807) is 6.08 Å². The molecule has 0 aromatic heterocycles. The van der Waals surface area contributed by atoms with Gasteiger partial charge in [0.15, 0.2) is 5.70 Å². The molecule has 3 rings (SSSR count). The van der Waals surface area contributed by atoms with E-state index in [9.17, 15) is 9.59 Å². The number of aliphatic imine (C=N–C) groups is 1. The second-order valence-corrected chi connectivity index (χ2v) is 6.28. The van der Waals surface area contributed by atoms with Gasteiger partial charge in [-0.25, -0.2) is 9.79 Å². The van der Waals surface area contributed by atoms with Gasteiger partial charge in [-0.15, -0.1) is 0 Å². The summed E-state index contributed by atoms with van der Waals surface area (Å²) in [6, 6.07) is 11.3. The summed E-state index contributed by atoms with van der Waals surface area (Å²) in [6.45, 7) is 7.05. The number of cyclic esters (lactones) is 1. The van der Waals surface area contributed by atoms with Crippen molar-refractivity contribution in [2.45, 2.75) is 27.7 Å². The van der Waals surface area contributed by atoms with Crippen LogP contribution in [0.2, 0.25) is 0 Å². The molecule has 26 heavy (non-hydrogen) atoms. The summed E-state index contributed by atoms with van der Waals surface area (Å²) in [6.07, 6.45) is 1.67. The van der Waals surface area contributed by atoms with Crippen LogP contribution in [0, 0.1) is 20.8 Å². The van der Waals surface area contributed by atoms with Crippen molar-refractivity contribution in [2.75, 3.05) is 0 Å². The van der Waals surface area contributed by atoms with E-state index in [0.717, 1.165) is 27.8 Å². The molecule has 0 aliphatic carbocycles. The minimum atomic E-state index is -0.486. The van der Waals surface area contributed by atoms with Gasteiger partial charge in [0.2, 0.25) is 5.90 Å². The van der Waals surface area contributed by atoms with Gasteiger partial charge in [-0.1, -0.05) is 17.7 Å². The Morgan fingerprint density at radius 1 is 1.08 bits per heavy atom. The summed E-state index contributed by atoms with van der Waals surface area (Å²) in [5.41, 5.74) is 4.51. The second-order valence-electron chi connectivity index (χ2n) is 6.28. The molecule has 0 amide bonds. The maximum absolute atomic E-state index is 12.1. The fourth-order valence-corrected chi connectivity index (χ4v) is 2.76. The second kappa shape index (κ2) is 6.96. The normalized spacial score (nSPS) is 15.0. The molecule has 1 aliphatic rings. The van der Waals surface area contributed by atoms with Crippen LogP contribution in [-0.2, 0) is 14.3 Å². The van der Waals surface area contributed by atoms with Crippen LogP contribution in [-0.4, -0.2) is 17.8 Å². The van der Waals surface area contributed by atoms with Crippen LogP contribution in [0.25, 0.3) is 6.08 Å². The molecule has 1 heterocycles. The summed E-state index contributed by atoms with van der Waals surface area (Å²) in [7, 11) is 0. The first kappa shape index (κ1) is 17.6. The van der Waals surface area contributed by atoms with Gasteiger partial charge in [0.25, 0.3) is 0 Å². The van der Waals surface area contributed by atoms with Crippen molar-refractivity contribution in [1.82, 2.24) is 0 Å². The Morgan fingerprint density at radius 2 is 1.69 bits per heavy atom. The molecule has 132 valence electrons. The number of esters is 2. The highest BCUT2D eigenvalue weighted by atomic mass is 16.6. The third-order valence-electron chi connectivity index (χ3n) is 3.95. The molecule has 0 saturated heterocycles. The minimum Gasteiger partial charge on any atom is -0.426 e. The average molecular weight is 349 g/mol. The minimum absolute atomic E-state index is 0.236. The number of nitrogens with zero attached hydrogens (tertiary/aromatic N) is 1. The number of hydrogen-bond donors (Lipinski definition) is 0. The lowest BCUT2D eigenvalue weighted by Crippen LogP contribution is -2.05. The third kappa shape index (κ3) is 3.72. The van der Waals surface area contributed by atoms with Crippen molar-refractivity contribution >= 4 is 23.9 Å². The van der Waals surface area contributed by atoms with Crippen molar-refractivity contribution in [2.24, 2.45) is 4.99 Å². The Morgan fingerprint density at radius 3 is 2.27 bits per heavy atom. The molecular weight excluding hydrogens is 330 g/mol. The first-order valence-corrected chi connectivity index (χ1v) is 8.23. The van der Waals surface area contributed by atoms with E-state index in [-0.39, 0.29) is 11.7 Å². The van der Waals surface area contributed by atoms with E-state index >= 15 is 0 Å². The molecule has 0 bridgehead atoms. The standard InChI is InChI=1S/C21H19NO4/c1-12-5-7-17(8-6-12)20-22-18(21(24)26-20)11-16-9-13(2)19(14(3)10-16)25-15(4)23/h5-11H,1-4H3/b18-11-. The Bertz CT molecular complexity index is 929. The van der Waals surface area contributed by atoms with Crippen LogP contribution >= 0.6 is 0 Å². The summed E-state index contributed by atoms with van der Waals surface area (Å²) in [5, 5.41) is 0. The number of hydrogen-bond acceptors (Lipinski definition) is 5. The molecular formula is C21H19NO4. The van der Waals surface area contributed by atoms with Gasteiger partial charge in [-0.2, -0.15) is 0 Å². The van der Waals surface area contributed by atoms with E-state index in [1.165, 1.54) is 6.92 Å². The largest absolute Gasteiger partial charge is 0.426 e. The van der Waals surface area contributed by atoms with Crippen molar-refractivity contribution in [3.63, 3.8) is 0 Å². The molecule has 5 heteroatoms. The Kier molecular flexibility index (Phi) is 4.71. The van der Waals surface area contributed by atoms with Crippen molar-refractivity contribution in [3.05, 3.63) is 69.9 Å². The van der Waals surface area contributed by atoms with Gasteiger partial charge >= 0.3 is 11.9 Å². The molecule has 0 spiro atoms. The van der Waals surface area contributed by atoms with Crippen molar-refractivity contribution < 1.29 is 19.1 Å². The highest BCUT2D eigenvalue weighted by Gasteiger charge is 2.24. The molecule has 2 aromatic carbocycles. The molecule has 2 aromatic rings. The van der Waals surface area contributed by atoms with Crippen LogP contribution in [0.4, 0.5) is 0 Å². The predicted molar refractivity (Wildman–Crippen MR) is 99.0 cm³/mol. The lowest BCUT2D eigenvalue weighted by Gasteiger charge is -2.10. The van der Waals surface area contributed by atoms with Crippen LogP contribution in [0.15, 0.2) is 47.1 Å². The number of aryl methyl sites for hydroxylation is 3. The lowest BCUT2D eigenvalue weighted by atomic mass is 10.0. The maximum atomic E-state index is 12.1. The van der Waals surface area contributed by atoms with Gasteiger partial charge < -0.3 is 9.47 Å². The molecule has 5 nitrogen and oxygen atoms in total. The van der Waals surface area contributed by atoms with Gasteiger partial charge in [-0.3, -0.25) is 4.79 Å². The topological polar surface area (TPSA) is 65.0 Å². The zero-order chi connectivity index (χ0) is 18.8. The van der Waals surface area contributed by atoms with Crippen LogP contribution in [0.3, 0.4) is 0 Å². The number of benzene rings is 2. The average Bonchev–Trinajstić information content (AvgIpc) is 2.92. The molecule has 0 atom stereocenters. The summed E-state index contributed by atoms with van der Waals surface area (Å²) < 4.78 is 10.5. The SMILES string of the molecule is CC(=O)Oc1c(C)cc(/C=C2\N=C(c3ccc(C)cc3)OC2=O)cc1C. The zero-order valence-corrected chi connectivity index (χ0v) is 15.1. The third-order valence-corrected chi connectivity index (χ3v) is 3.95.